The molecule has 96 heavy (non-hydrogen) atoms. The summed E-state index contributed by atoms with van der Waals surface area (Å²) in [4.78, 5) is 41.9. The average molecular weight is 1360 g/mol. The highest BCUT2D eigenvalue weighted by Gasteiger charge is 2.37. The Hall–Kier alpha value is -2.28. The molecular weight excluding hydrogens is 1190 g/mol. The Kier molecular flexibility index (Phi) is 63.3. The minimum Gasteiger partial charge on any atom is -0.481 e. The van der Waals surface area contributed by atoms with Gasteiger partial charge in [-0.2, -0.15) is 0 Å². The number of aliphatic carboxylic acids is 4. The van der Waals surface area contributed by atoms with Crippen molar-refractivity contribution in [1.82, 2.24) is 0 Å². The van der Waals surface area contributed by atoms with E-state index in [1.165, 1.54) is 334 Å². The number of hydrogen-bond donors (Lipinski definition) is 8. The monoisotopic (exact) mass is 1360 g/mol. The van der Waals surface area contributed by atoms with E-state index < -0.39 is 48.6 Å². The molecule has 0 saturated heterocycles. The standard InChI is InChI=1S/4C19H39N.C8H10O8/c4*1-17(2)19-14-12-18(13-15-19)11-9-7-5-3-4-6-8-10-16-20;9-5(10)1-3(7(13)14)4(8(15)16)2-6(11)12/h4*17-19H,3-16,20H2,1-2H3;3-4H,1-2H2,(H,9,10)(H,11,12)(H,13,14)(H,15,16). The number of carboxylic acid groups (broad SMARTS) is 4. The molecule has 4 aliphatic rings. The molecule has 12 N–H and O–H groups in total. The molecule has 0 aromatic carbocycles. The predicted molar refractivity (Wildman–Crippen MR) is 410 cm³/mol. The lowest BCUT2D eigenvalue weighted by atomic mass is 9.75. The van der Waals surface area contributed by atoms with E-state index >= 15 is 0 Å². The Bertz CT molecular complexity index is 1520. The summed E-state index contributed by atoms with van der Waals surface area (Å²) in [6.45, 7) is 22.7. The van der Waals surface area contributed by atoms with Gasteiger partial charge in [0.05, 0.1) is 24.7 Å². The SMILES string of the molecule is CC(C)C1CCC(CCCCCCCCCCN)CC1.CC(C)C1CCC(CCCCCCCCCCN)CC1.CC(C)C1CCC(CCCCCCCCCCN)CC1.CC(C)C1CCC(CCCCCCCCCCN)CC1.O=C(O)CC(C(=O)O)C(CC(=O)O)C(=O)O. The molecule has 570 valence electrons. The molecule has 12 heteroatoms. The zero-order valence-electron chi connectivity index (χ0n) is 64.8. The van der Waals surface area contributed by atoms with Gasteiger partial charge in [-0.3, -0.25) is 19.2 Å². The van der Waals surface area contributed by atoms with E-state index in [1.54, 1.807) is 0 Å². The van der Waals surface area contributed by atoms with Gasteiger partial charge in [-0.1, -0.05) is 312 Å². The van der Waals surface area contributed by atoms with Crippen LogP contribution < -0.4 is 22.9 Å². The fourth-order valence-electron chi connectivity index (χ4n) is 16.3. The molecule has 0 amide bonds. The van der Waals surface area contributed by atoms with Crippen LogP contribution in [0, 0.1) is 82.9 Å². The van der Waals surface area contributed by atoms with Crippen LogP contribution in [0.3, 0.4) is 0 Å². The maximum atomic E-state index is 10.6. The molecule has 12 nitrogen and oxygen atoms in total. The second-order valence-corrected chi connectivity index (χ2v) is 32.8. The van der Waals surface area contributed by atoms with Crippen molar-refractivity contribution >= 4 is 23.9 Å². The first-order valence-corrected chi connectivity index (χ1v) is 41.9. The number of rotatable bonds is 51. The largest absolute Gasteiger partial charge is 0.481 e. The maximum Gasteiger partial charge on any atom is 0.307 e. The lowest BCUT2D eigenvalue weighted by molar-refractivity contribution is -0.160. The second kappa shape index (κ2) is 64.8. The quantitative estimate of drug-likeness (QED) is 0.0265. The van der Waals surface area contributed by atoms with E-state index in [2.05, 4.69) is 55.4 Å². The third kappa shape index (κ3) is 54.5. The molecule has 0 aromatic rings. The predicted octanol–water partition coefficient (Wildman–Crippen LogP) is 23.0. The number of carboxylic acids is 4. The Morgan fingerprint density at radius 1 is 0.250 bits per heavy atom. The molecule has 0 bridgehead atoms. The molecule has 4 saturated carbocycles. The topological polar surface area (TPSA) is 253 Å². The minimum atomic E-state index is -1.76. The molecular formula is C84H166N4O8. The summed E-state index contributed by atoms with van der Waals surface area (Å²) < 4.78 is 0. The van der Waals surface area contributed by atoms with Crippen LogP contribution in [-0.4, -0.2) is 70.5 Å². The smallest absolute Gasteiger partial charge is 0.307 e. The van der Waals surface area contributed by atoms with Gasteiger partial charge in [0.1, 0.15) is 0 Å². The highest BCUT2D eigenvalue weighted by Crippen LogP contribution is 2.39. The molecule has 4 fully saturated rings. The summed E-state index contributed by atoms with van der Waals surface area (Å²) in [5, 5.41) is 34.1. The summed E-state index contributed by atoms with van der Waals surface area (Å²) in [5.41, 5.74) is 22.0. The molecule has 0 heterocycles. The van der Waals surface area contributed by atoms with Gasteiger partial charge >= 0.3 is 23.9 Å². The highest BCUT2D eigenvalue weighted by atomic mass is 16.4. The summed E-state index contributed by atoms with van der Waals surface area (Å²) in [7, 11) is 0. The van der Waals surface area contributed by atoms with Gasteiger partial charge in [-0.15, -0.1) is 0 Å². The molecule has 0 aliphatic heterocycles. The van der Waals surface area contributed by atoms with Crippen LogP contribution in [0.25, 0.3) is 0 Å². The fraction of sp³-hybridized carbons (Fsp3) is 0.952. The zero-order chi connectivity index (χ0) is 71.4. The summed E-state index contributed by atoms with van der Waals surface area (Å²) in [6.07, 6.45) is 73.4. The van der Waals surface area contributed by atoms with Crippen molar-refractivity contribution in [1.29, 1.82) is 0 Å². The Labute approximate surface area is 594 Å². The molecule has 2 unspecified atom stereocenters. The molecule has 4 rings (SSSR count). The van der Waals surface area contributed by atoms with Gasteiger partial charge in [0.2, 0.25) is 0 Å². The van der Waals surface area contributed by atoms with E-state index in [0.29, 0.717) is 0 Å². The number of carbonyl (C=O) groups is 4. The van der Waals surface area contributed by atoms with Crippen molar-refractivity contribution in [3.8, 4) is 0 Å². The van der Waals surface area contributed by atoms with Gasteiger partial charge in [-0.05, 0) is 174 Å². The number of nitrogens with two attached hydrogens (primary N) is 4. The van der Waals surface area contributed by atoms with Crippen molar-refractivity contribution < 1.29 is 39.6 Å². The maximum absolute atomic E-state index is 10.6. The van der Waals surface area contributed by atoms with Crippen molar-refractivity contribution in [2.24, 2.45) is 106 Å². The van der Waals surface area contributed by atoms with Gasteiger partial charge in [0.25, 0.3) is 0 Å². The normalized spacial score (nSPS) is 21.8. The zero-order valence-corrected chi connectivity index (χ0v) is 64.8. The van der Waals surface area contributed by atoms with Crippen LogP contribution in [0.1, 0.15) is 402 Å². The summed E-state index contributed by atoms with van der Waals surface area (Å²) in [5.74, 6) is 2.22. The Balaban J connectivity index is 0.00000118. The van der Waals surface area contributed by atoms with Crippen LogP contribution in [-0.2, 0) is 19.2 Å². The van der Waals surface area contributed by atoms with E-state index in [0.717, 1.165) is 97.2 Å². The molecule has 0 radical (unpaired) electrons. The van der Waals surface area contributed by atoms with Crippen molar-refractivity contribution in [2.45, 2.75) is 402 Å². The third-order valence-electron chi connectivity index (χ3n) is 23.5. The highest BCUT2D eigenvalue weighted by molar-refractivity contribution is 5.86. The molecule has 4 aliphatic carbocycles. The van der Waals surface area contributed by atoms with E-state index in [-0.39, 0.29) is 0 Å². The first-order valence-electron chi connectivity index (χ1n) is 41.9. The van der Waals surface area contributed by atoms with Crippen LogP contribution in [0.4, 0.5) is 0 Å². The van der Waals surface area contributed by atoms with Crippen molar-refractivity contribution in [3.63, 3.8) is 0 Å². The molecule has 0 spiro atoms. The third-order valence-corrected chi connectivity index (χ3v) is 23.5. The minimum absolute atomic E-state index is 0.874. The van der Waals surface area contributed by atoms with E-state index in [4.69, 9.17) is 43.4 Å². The second-order valence-electron chi connectivity index (χ2n) is 32.8. The van der Waals surface area contributed by atoms with Crippen LogP contribution in [0.2, 0.25) is 0 Å². The fourth-order valence-corrected chi connectivity index (χ4v) is 16.3. The lowest BCUT2D eigenvalue weighted by Crippen LogP contribution is -2.33. The van der Waals surface area contributed by atoms with Crippen LogP contribution in [0.5, 0.6) is 0 Å². The van der Waals surface area contributed by atoms with E-state index in [9.17, 15) is 19.2 Å². The van der Waals surface area contributed by atoms with Gasteiger partial charge in [0.15, 0.2) is 0 Å². The number of unbranched alkanes of at least 4 members (excludes halogenated alkanes) is 28. The van der Waals surface area contributed by atoms with Gasteiger partial charge in [0, 0.05) is 0 Å². The van der Waals surface area contributed by atoms with E-state index in [1.807, 2.05) is 0 Å². The molecule has 0 aromatic heterocycles. The first kappa shape index (κ1) is 93.7. The van der Waals surface area contributed by atoms with Gasteiger partial charge in [-0.25, -0.2) is 0 Å². The average Bonchev–Trinajstić information content (AvgIpc) is 1.04. The number of hydrogen-bond acceptors (Lipinski definition) is 8. The Morgan fingerprint density at radius 3 is 0.521 bits per heavy atom. The van der Waals surface area contributed by atoms with Gasteiger partial charge < -0.3 is 43.4 Å². The van der Waals surface area contributed by atoms with Crippen LogP contribution in [0.15, 0.2) is 0 Å². The van der Waals surface area contributed by atoms with Crippen molar-refractivity contribution in [2.75, 3.05) is 26.2 Å². The first-order chi connectivity index (χ1) is 46.2. The summed E-state index contributed by atoms with van der Waals surface area (Å²) in [6, 6.07) is 0. The Morgan fingerprint density at radius 2 is 0.396 bits per heavy atom. The summed E-state index contributed by atoms with van der Waals surface area (Å²) >= 11 is 0. The van der Waals surface area contributed by atoms with Crippen molar-refractivity contribution in [3.05, 3.63) is 0 Å². The van der Waals surface area contributed by atoms with Crippen LogP contribution >= 0.6 is 0 Å². The lowest BCUT2D eigenvalue weighted by Gasteiger charge is -2.30. The molecule has 2 atom stereocenters.